The van der Waals surface area contributed by atoms with Gasteiger partial charge in [-0.25, -0.2) is 0 Å². The molecule has 60 valence electrons. The van der Waals surface area contributed by atoms with Crippen molar-refractivity contribution in [3.05, 3.63) is 12.8 Å². The summed E-state index contributed by atoms with van der Waals surface area (Å²) in [5, 5.41) is 0. The fourth-order valence-corrected chi connectivity index (χ4v) is 0.503. The monoisotopic (exact) mass is 144 g/mol. The van der Waals surface area contributed by atoms with Gasteiger partial charge in [-0.3, -0.25) is 0 Å². The van der Waals surface area contributed by atoms with Crippen LogP contribution in [0.15, 0.2) is 12.8 Å². The second-order valence-corrected chi connectivity index (χ2v) is 2.60. The molecule has 0 aromatic rings. The smallest absolute Gasteiger partial charge is 0.196 e. The maximum atomic E-state index is 5.25. The molecule has 0 saturated carbocycles. The molecule has 0 fully saturated rings. The number of ether oxygens (including phenoxy) is 2. The van der Waals surface area contributed by atoms with Crippen LogP contribution < -0.4 is 0 Å². The van der Waals surface area contributed by atoms with E-state index in [-0.39, 0.29) is 6.29 Å². The third-order valence-electron chi connectivity index (χ3n) is 0.952. The summed E-state index contributed by atoms with van der Waals surface area (Å²) in [5.74, 6) is 0.552. The molecule has 10 heavy (non-hydrogen) atoms. The van der Waals surface area contributed by atoms with Crippen LogP contribution in [-0.2, 0) is 9.47 Å². The lowest BCUT2D eigenvalue weighted by Gasteiger charge is -2.13. The largest absolute Gasteiger partial charge is 0.473 e. The summed E-state index contributed by atoms with van der Waals surface area (Å²) < 4.78 is 10.2. The molecular weight excluding hydrogens is 128 g/mol. The second kappa shape index (κ2) is 5.30. The van der Waals surface area contributed by atoms with Crippen molar-refractivity contribution in [1.29, 1.82) is 0 Å². The van der Waals surface area contributed by atoms with Crippen molar-refractivity contribution >= 4 is 0 Å². The standard InChI is InChI=1S/C8H16O2/c1-5-9-8(4)10-6-7(2)3/h5,7-8H,1,6H2,2-4H3. The summed E-state index contributed by atoms with van der Waals surface area (Å²) in [6.07, 6.45) is 1.23. The van der Waals surface area contributed by atoms with Gasteiger partial charge in [0.05, 0.1) is 12.9 Å². The molecule has 0 radical (unpaired) electrons. The molecule has 0 rings (SSSR count). The number of rotatable bonds is 5. The maximum Gasteiger partial charge on any atom is 0.196 e. The lowest BCUT2D eigenvalue weighted by atomic mass is 10.2. The Morgan fingerprint density at radius 3 is 2.40 bits per heavy atom. The van der Waals surface area contributed by atoms with Gasteiger partial charge in [0.1, 0.15) is 0 Å². The highest BCUT2D eigenvalue weighted by Gasteiger charge is 2.00. The third-order valence-corrected chi connectivity index (χ3v) is 0.952. The van der Waals surface area contributed by atoms with E-state index in [0.29, 0.717) is 5.92 Å². The summed E-state index contributed by atoms with van der Waals surface area (Å²) in [6.45, 7) is 10.2. The molecule has 0 aromatic heterocycles. The van der Waals surface area contributed by atoms with E-state index in [1.54, 1.807) is 0 Å². The summed E-state index contributed by atoms with van der Waals surface area (Å²) in [6, 6.07) is 0. The predicted molar refractivity (Wildman–Crippen MR) is 41.5 cm³/mol. The third kappa shape index (κ3) is 5.63. The van der Waals surface area contributed by atoms with Crippen molar-refractivity contribution in [2.45, 2.75) is 27.1 Å². The summed E-state index contributed by atoms with van der Waals surface area (Å²) in [7, 11) is 0. The Bertz CT molecular complexity index is 89.3. The molecule has 0 aliphatic heterocycles. The molecule has 0 N–H and O–H groups in total. The highest BCUT2D eigenvalue weighted by molar-refractivity contribution is 4.50. The van der Waals surface area contributed by atoms with Crippen molar-refractivity contribution in [1.82, 2.24) is 0 Å². The molecule has 1 unspecified atom stereocenters. The second-order valence-electron chi connectivity index (χ2n) is 2.60. The molecule has 2 nitrogen and oxygen atoms in total. The summed E-state index contributed by atoms with van der Waals surface area (Å²) in [5.41, 5.74) is 0. The van der Waals surface area contributed by atoms with Gasteiger partial charge >= 0.3 is 0 Å². The van der Waals surface area contributed by atoms with Crippen molar-refractivity contribution in [2.24, 2.45) is 5.92 Å². The Balaban J connectivity index is 3.20. The van der Waals surface area contributed by atoms with Crippen LogP contribution in [0.3, 0.4) is 0 Å². The van der Waals surface area contributed by atoms with E-state index < -0.39 is 0 Å². The molecular formula is C8H16O2. The van der Waals surface area contributed by atoms with Gasteiger partial charge in [0, 0.05) is 0 Å². The Morgan fingerprint density at radius 2 is 2.00 bits per heavy atom. The molecule has 0 bridgehead atoms. The van der Waals surface area contributed by atoms with Crippen molar-refractivity contribution in [3.8, 4) is 0 Å². The average Bonchev–Trinajstić information content (AvgIpc) is 1.85. The normalized spacial score (nSPS) is 13.2. The van der Waals surface area contributed by atoms with Gasteiger partial charge in [0.2, 0.25) is 0 Å². The Kier molecular flexibility index (Phi) is 5.03. The molecule has 0 aromatic carbocycles. The lowest BCUT2D eigenvalue weighted by molar-refractivity contribution is -0.100. The molecule has 1 atom stereocenters. The average molecular weight is 144 g/mol. The van der Waals surface area contributed by atoms with Gasteiger partial charge in [0.15, 0.2) is 6.29 Å². The zero-order chi connectivity index (χ0) is 7.98. The Morgan fingerprint density at radius 1 is 1.40 bits per heavy atom. The molecule has 0 aliphatic rings. The molecule has 0 spiro atoms. The van der Waals surface area contributed by atoms with Crippen LogP contribution in [0, 0.1) is 5.92 Å². The SMILES string of the molecule is C=COC(C)OCC(C)C. The van der Waals surface area contributed by atoms with Crippen LogP contribution in [0.5, 0.6) is 0 Å². The van der Waals surface area contributed by atoms with Gasteiger partial charge in [-0.15, -0.1) is 0 Å². The minimum Gasteiger partial charge on any atom is -0.473 e. The Hall–Kier alpha value is -0.500. The van der Waals surface area contributed by atoms with Gasteiger partial charge in [0.25, 0.3) is 0 Å². The van der Waals surface area contributed by atoms with Gasteiger partial charge in [-0.1, -0.05) is 20.4 Å². The zero-order valence-corrected chi connectivity index (χ0v) is 6.96. The molecule has 2 heteroatoms. The van der Waals surface area contributed by atoms with Crippen LogP contribution >= 0.6 is 0 Å². The zero-order valence-electron chi connectivity index (χ0n) is 6.96. The van der Waals surface area contributed by atoms with Gasteiger partial charge < -0.3 is 9.47 Å². The highest BCUT2D eigenvalue weighted by atomic mass is 16.7. The van der Waals surface area contributed by atoms with Crippen molar-refractivity contribution < 1.29 is 9.47 Å². The van der Waals surface area contributed by atoms with Crippen LogP contribution in [0.4, 0.5) is 0 Å². The van der Waals surface area contributed by atoms with Crippen LogP contribution in [0.1, 0.15) is 20.8 Å². The summed E-state index contributed by atoms with van der Waals surface area (Å²) >= 11 is 0. The minimum atomic E-state index is -0.167. The molecule has 0 aliphatic carbocycles. The van der Waals surface area contributed by atoms with E-state index in [1.807, 2.05) is 6.92 Å². The minimum absolute atomic E-state index is 0.167. The van der Waals surface area contributed by atoms with Crippen molar-refractivity contribution in [3.63, 3.8) is 0 Å². The molecule has 0 amide bonds. The van der Waals surface area contributed by atoms with E-state index in [9.17, 15) is 0 Å². The van der Waals surface area contributed by atoms with Crippen LogP contribution in [-0.4, -0.2) is 12.9 Å². The van der Waals surface area contributed by atoms with Gasteiger partial charge in [-0.2, -0.15) is 0 Å². The fourth-order valence-electron chi connectivity index (χ4n) is 0.503. The van der Waals surface area contributed by atoms with Crippen molar-refractivity contribution in [2.75, 3.05) is 6.61 Å². The molecule has 0 saturated heterocycles. The summed E-state index contributed by atoms with van der Waals surface area (Å²) in [4.78, 5) is 0. The number of hydrogen-bond acceptors (Lipinski definition) is 2. The van der Waals surface area contributed by atoms with E-state index in [4.69, 9.17) is 9.47 Å². The highest BCUT2D eigenvalue weighted by Crippen LogP contribution is 1.98. The van der Waals surface area contributed by atoms with E-state index >= 15 is 0 Å². The first kappa shape index (κ1) is 9.50. The van der Waals surface area contributed by atoms with Crippen LogP contribution in [0.2, 0.25) is 0 Å². The first-order valence-corrected chi connectivity index (χ1v) is 3.54. The maximum absolute atomic E-state index is 5.25. The Labute approximate surface area is 62.8 Å². The first-order chi connectivity index (χ1) is 4.66. The van der Waals surface area contributed by atoms with Gasteiger partial charge in [-0.05, 0) is 12.8 Å². The van der Waals surface area contributed by atoms with E-state index in [1.165, 1.54) is 6.26 Å². The van der Waals surface area contributed by atoms with E-state index in [0.717, 1.165) is 6.61 Å². The van der Waals surface area contributed by atoms with Crippen LogP contribution in [0.25, 0.3) is 0 Å². The lowest BCUT2D eigenvalue weighted by Crippen LogP contribution is -2.13. The molecule has 0 heterocycles. The number of hydrogen-bond donors (Lipinski definition) is 0. The topological polar surface area (TPSA) is 18.5 Å². The van der Waals surface area contributed by atoms with E-state index in [2.05, 4.69) is 20.4 Å². The predicted octanol–water partition coefficient (Wildman–Crippen LogP) is 2.17. The first-order valence-electron chi connectivity index (χ1n) is 3.54. The fraction of sp³-hybridized carbons (Fsp3) is 0.750. The quantitative estimate of drug-likeness (QED) is 0.435.